The number of pyridine rings is 2. The van der Waals surface area contributed by atoms with Gasteiger partial charge in [0.15, 0.2) is 0 Å². The van der Waals surface area contributed by atoms with Crippen LogP contribution < -0.4 is 4.40 Å². The molecule has 1 atom stereocenters. The van der Waals surface area contributed by atoms with Gasteiger partial charge in [-0.15, -0.1) is 23.8 Å². The molecule has 1 aliphatic carbocycles. The van der Waals surface area contributed by atoms with Crippen LogP contribution in [-0.2, 0) is 26.5 Å². The Balaban J connectivity index is 0.000000181. The van der Waals surface area contributed by atoms with E-state index in [1.54, 1.807) is 23.6 Å². The largest absolute Gasteiger partial charge is 0.305 e. The maximum atomic E-state index is 13.2. The molecule has 51 heavy (non-hydrogen) atoms. The summed E-state index contributed by atoms with van der Waals surface area (Å²) >= 11 is -0.473. The van der Waals surface area contributed by atoms with Gasteiger partial charge in [-0.2, -0.15) is 11.3 Å². The van der Waals surface area contributed by atoms with Crippen molar-refractivity contribution in [1.82, 2.24) is 9.97 Å². The van der Waals surface area contributed by atoms with Gasteiger partial charge in [0.05, 0.1) is 0 Å². The molecule has 1 radical (unpaired) electrons. The van der Waals surface area contributed by atoms with Crippen molar-refractivity contribution in [2.24, 2.45) is 5.92 Å². The Kier molecular flexibility index (Phi) is 10.8. The molecule has 7 aromatic rings. The number of rotatable bonds is 7. The molecule has 0 amide bonds. The maximum absolute atomic E-state index is 13.2. The predicted molar refractivity (Wildman–Crippen MR) is 212 cm³/mol. The standard InChI is InChI=1S/C23H20NS.C22H23FGeN.Ir/c1-2-6-16(5-1)13-17-11-12-24-21(14-17)18-9-10-23-20(15-18)19-7-3-4-8-22(19)25-23;1-16(17-8-6-5-7-9-17)20-14-22(18-10-12-19(23)13-11-18)25-15-21(20)24(2,3)4;/h3-4,7-8,10-12,14-16H,1-2,5-6,13H2;5-10,12-16H,1-4H3;/q2*-1;/i13D2;16D;. The first kappa shape index (κ1) is 33.4. The molecule has 0 N–H and O–H groups in total. The van der Waals surface area contributed by atoms with Crippen LogP contribution in [0.5, 0.6) is 0 Å². The molecule has 1 aliphatic rings. The molecule has 0 saturated heterocycles. The fourth-order valence-corrected chi connectivity index (χ4v) is 11.0. The summed E-state index contributed by atoms with van der Waals surface area (Å²) in [6, 6.07) is 39.0. The molecule has 1 saturated carbocycles. The van der Waals surface area contributed by atoms with E-state index in [1.165, 1.54) is 36.7 Å². The van der Waals surface area contributed by atoms with Gasteiger partial charge in [-0.3, -0.25) is 0 Å². The average Bonchev–Trinajstić information content (AvgIpc) is 3.85. The van der Waals surface area contributed by atoms with Gasteiger partial charge >= 0.3 is 154 Å². The van der Waals surface area contributed by atoms with Crippen molar-refractivity contribution >= 4 is 49.2 Å². The summed E-state index contributed by atoms with van der Waals surface area (Å²) in [4.78, 5) is 9.15. The molecule has 1 fully saturated rings. The van der Waals surface area contributed by atoms with E-state index < -0.39 is 25.5 Å². The number of halogens is 1. The number of nitrogens with zero attached hydrogens (tertiary/aromatic N) is 2. The third-order valence-corrected chi connectivity index (χ3v) is 14.8. The number of benzene rings is 4. The normalized spacial score (nSPS) is 15.6. The summed E-state index contributed by atoms with van der Waals surface area (Å²) in [6.07, 6.45) is 6.59. The van der Waals surface area contributed by atoms with Crippen LogP contribution in [0.1, 0.15) is 59.3 Å². The summed E-state index contributed by atoms with van der Waals surface area (Å²) in [5, 5.41) is 2.47. The van der Waals surface area contributed by atoms with E-state index in [0.717, 1.165) is 64.9 Å². The van der Waals surface area contributed by atoms with E-state index in [0.29, 0.717) is 0 Å². The molecular weight excluding hydrogens is 884 g/mol. The first-order valence-corrected chi connectivity index (χ1v) is 25.5. The quantitative estimate of drug-likeness (QED) is 0.118. The Labute approximate surface area is 326 Å². The van der Waals surface area contributed by atoms with Crippen molar-refractivity contribution in [2.75, 3.05) is 0 Å². The van der Waals surface area contributed by atoms with Crippen molar-refractivity contribution < 1.29 is 28.6 Å². The zero-order chi connectivity index (χ0) is 37.4. The van der Waals surface area contributed by atoms with Crippen LogP contribution in [0.25, 0.3) is 42.7 Å². The number of hydrogen-bond acceptors (Lipinski definition) is 3. The fraction of sp³-hybridized carbons (Fsp3) is 0.244. The molecule has 3 heterocycles. The topological polar surface area (TPSA) is 25.8 Å². The van der Waals surface area contributed by atoms with Gasteiger partial charge in [-0.25, -0.2) is 0 Å². The van der Waals surface area contributed by atoms with Crippen LogP contribution in [0.15, 0.2) is 116 Å². The zero-order valence-electron chi connectivity index (χ0n) is 32.4. The van der Waals surface area contributed by atoms with E-state index in [2.05, 4.69) is 69.7 Å². The van der Waals surface area contributed by atoms with Crippen LogP contribution in [0.2, 0.25) is 17.3 Å². The molecule has 0 bridgehead atoms. The third-order valence-electron chi connectivity index (χ3n) is 9.45. The SMILES string of the molecule is [2H]C(C)(c1ccccc1)c1cc(-c2[c-]cc(F)cc2)nc[c]1[Ge]([CH3])([CH3])[CH3].[2H]C([2H])(c1ccnc(-c2[c-]cc3sc4ccccc4c3c2)c1)C1CCCC1.[Ir]. The van der Waals surface area contributed by atoms with Crippen molar-refractivity contribution in [3.8, 4) is 22.5 Å². The molecule has 261 valence electrons. The molecule has 2 nitrogen and oxygen atoms in total. The number of hydrogen-bond donors (Lipinski definition) is 0. The van der Waals surface area contributed by atoms with E-state index in [-0.39, 0.29) is 31.8 Å². The minimum atomic E-state index is -2.25. The summed E-state index contributed by atoms with van der Waals surface area (Å²) < 4.78 is 43.4. The second-order valence-electron chi connectivity index (χ2n) is 14.1. The van der Waals surface area contributed by atoms with Gasteiger partial charge in [0, 0.05) is 33.7 Å². The van der Waals surface area contributed by atoms with Gasteiger partial charge < -0.3 is 4.98 Å². The second kappa shape index (κ2) is 16.5. The van der Waals surface area contributed by atoms with Gasteiger partial charge in [0.25, 0.3) is 0 Å². The first-order chi connectivity index (χ1) is 25.3. The fourth-order valence-electron chi connectivity index (χ4n) is 6.71. The molecule has 8 rings (SSSR count). The Morgan fingerprint density at radius 3 is 2.31 bits per heavy atom. The Morgan fingerprint density at radius 2 is 1.57 bits per heavy atom. The second-order valence-corrected chi connectivity index (χ2v) is 25.7. The number of aromatic nitrogens is 2. The zero-order valence-corrected chi connectivity index (χ0v) is 34.7. The predicted octanol–water partition coefficient (Wildman–Crippen LogP) is 12.0. The van der Waals surface area contributed by atoms with E-state index >= 15 is 0 Å². The molecule has 0 spiro atoms. The molecule has 3 aromatic heterocycles. The number of thiophene rings is 1. The Hall–Kier alpha value is -3.48. The minimum Gasteiger partial charge on any atom is -0.305 e. The summed E-state index contributed by atoms with van der Waals surface area (Å²) in [6.45, 7) is 1.94. The number of fused-ring (bicyclic) bond motifs is 3. The van der Waals surface area contributed by atoms with Crippen LogP contribution in [-0.4, -0.2) is 23.2 Å². The maximum Gasteiger partial charge on any atom is 0.0319 e. The molecule has 0 aliphatic heterocycles. The van der Waals surface area contributed by atoms with E-state index in [1.807, 2.05) is 67.7 Å². The van der Waals surface area contributed by atoms with Crippen LogP contribution in [0.3, 0.4) is 0 Å². The van der Waals surface area contributed by atoms with Gasteiger partial charge in [0.1, 0.15) is 0 Å². The smallest absolute Gasteiger partial charge is 0.0319 e. The Morgan fingerprint density at radius 1 is 0.843 bits per heavy atom. The molecule has 4 aromatic carbocycles. The van der Waals surface area contributed by atoms with Crippen molar-refractivity contribution in [2.45, 2.75) is 62.1 Å². The first-order valence-electron chi connectivity index (χ1n) is 18.9. The minimum absolute atomic E-state index is 0. The van der Waals surface area contributed by atoms with Crippen LogP contribution >= 0.6 is 11.3 Å². The molecule has 6 heteroatoms. The Bertz CT molecular complexity index is 2370. The van der Waals surface area contributed by atoms with Crippen molar-refractivity contribution in [3.05, 3.63) is 150 Å². The average molecular weight is 931 g/mol. The monoisotopic (exact) mass is 932 g/mol. The van der Waals surface area contributed by atoms with Crippen molar-refractivity contribution in [3.63, 3.8) is 0 Å². The van der Waals surface area contributed by atoms with Crippen LogP contribution in [0, 0.1) is 23.9 Å². The van der Waals surface area contributed by atoms with Gasteiger partial charge in [-0.1, -0.05) is 60.9 Å². The summed E-state index contributed by atoms with van der Waals surface area (Å²) in [5.41, 5.74) is 5.87. The van der Waals surface area contributed by atoms with Gasteiger partial charge in [-0.05, 0) is 40.2 Å². The third kappa shape index (κ3) is 8.77. The summed E-state index contributed by atoms with van der Waals surface area (Å²) in [7, 11) is 0. The van der Waals surface area contributed by atoms with Crippen molar-refractivity contribution in [1.29, 1.82) is 0 Å². The van der Waals surface area contributed by atoms with Gasteiger partial charge in [0.2, 0.25) is 0 Å². The molecular formula is C45H43FGeIrN2S-2. The molecule has 1 unspecified atom stereocenters. The van der Waals surface area contributed by atoms with Crippen LogP contribution in [0.4, 0.5) is 4.39 Å². The summed E-state index contributed by atoms with van der Waals surface area (Å²) in [5.74, 6) is 5.85. The van der Waals surface area contributed by atoms with E-state index in [4.69, 9.17) is 4.11 Å². The van der Waals surface area contributed by atoms with E-state index in [9.17, 15) is 4.39 Å².